The molecule has 2 rings (SSSR count). The maximum absolute atomic E-state index is 13.5. The molecule has 0 aromatic heterocycles. The second-order valence-corrected chi connectivity index (χ2v) is 4.85. The smallest absolute Gasteiger partial charge is 0.257 e. The second-order valence-electron chi connectivity index (χ2n) is 4.44. The number of hydrogen-bond donors (Lipinski definition) is 2. The zero-order valence-electron chi connectivity index (χ0n) is 11.5. The Hall–Kier alpha value is -2.27. The van der Waals surface area contributed by atoms with E-state index in [0.29, 0.717) is 5.56 Å². The van der Waals surface area contributed by atoms with Gasteiger partial charge in [0.05, 0.1) is 5.69 Å². The average Bonchev–Trinajstić information content (AvgIpc) is 2.49. The third-order valence-electron chi connectivity index (χ3n) is 2.97. The number of para-hydroxylation sites is 1. The lowest BCUT2D eigenvalue weighted by molar-refractivity contribution is 0.0977. The lowest BCUT2D eigenvalue weighted by Crippen LogP contribution is -2.34. The van der Waals surface area contributed by atoms with Gasteiger partial charge in [0.2, 0.25) is 0 Å². The first kappa shape index (κ1) is 15.1. The van der Waals surface area contributed by atoms with Gasteiger partial charge >= 0.3 is 0 Å². The SMILES string of the molecule is CCc1ccc(C(=O)NC(=S)Nc2ccccc2F)cc1. The minimum atomic E-state index is -0.429. The Labute approximate surface area is 128 Å². The number of carbonyl (C=O) groups is 1. The van der Waals surface area contributed by atoms with Crippen LogP contribution in [-0.4, -0.2) is 11.0 Å². The Morgan fingerprint density at radius 1 is 1.14 bits per heavy atom. The van der Waals surface area contributed by atoms with Crippen molar-refractivity contribution in [1.82, 2.24) is 5.32 Å². The quantitative estimate of drug-likeness (QED) is 0.852. The van der Waals surface area contributed by atoms with Crippen LogP contribution >= 0.6 is 12.2 Å². The lowest BCUT2D eigenvalue weighted by atomic mass is 10.1. The molecule has 0 aliphatic heterocycles. The van der Waals surface area contributed by atoms with Crippen molar-refractivity contribution in [1.29, 1.82) is 0 Å². The summed E-state index contributed by atoms with van der Waals surface area (Å²) in [5, 5.41) is 5.24. The first-order chi connectivity index (χ1) is 10.1. The number of amides is 1. The maximum atomic E-state index is 13.5. The van der Waals surface area contributed by atoms with Gasteiger partial charge in [0.1, 0.15) is 5.82 Å². The van der Waals surface area contributed by atoms with Gasteiger partial charge in [0.15, 0.2) is 5.11 Å². The van der Waals surface area contributed by atoms with E-state index in [4.69, 9.17) is 12.2 Å². The summed E-state index contributed by atoms with van der Waals surface area (Å²) >= 11 is 5.01. The van der Waals surface area contributed by atoms with Gasteiger partial charge < -0.3 is 5.32 Å². The fourth-order valence-electron chi connectivity index (χ4n) is 1.78. The molecule has 1 amide bonds. The van der Waals surface area contributed by atoms with Crippen LogP contribution in [0.3, 0.4) is 0 Å². The first-order valence-electron chi connectivity index (χ1n) is 6.56. The van der Waals surface area contributed by atoms with Gasteiger partial charge in [-0.2, -0.15) is 0 Å². The van der Waals surface area contributed by atoms with E-state index >= 15 is 0 Å². The highest BCUT2D eigenvalue weighted by molar-refractivity contribution is 7.80. The number of thiocarbonyl (C=S) groups is 1. The van der Waals surface area contributed by atoms with Crippen LogP contribution < -0.4 is 10.6 Å². The molecule has 0 spiro atoms. The Morgan fingerprint density at radius 3 is 2.43 bits per heavy atom. The lowest BCUT2D eigenvalue weighted by Gasteiger charge is -2.10. The molecule has 0 heterocycles. The third kappa shape index (κ3) is 4.10. The fraction of sp³-hybridized carbons (Fsp3) is 0.125. The summed E-state index contributed by atoms with van der Waals surface area (Å²) in [6, 6.07) is 13.4. The number of carbonyl (C=O) groups excluding carboxylic acids is 1. The molecule has 3 nitrogen and oxygen atoms in total. The standard InChI is InChI=1S/C16H15FN2OS/c1-2-11-7-9-12(10-8-11)15(20)19-16(21)18-14-6-4-3-5-13(14)17/h3-10H,2H2,1H3,(H2,18,19,20,21). The fourth-order valence-corrected chi connectivity index (χ4v) is 1.99. The zero-order chi connectivity index (χ0) is 15.2. The van der Waals surface area contributed by atoms with Crippen molar-refractivity contribution in [2.45, 2.75) is 13.3 Å². The number of anilines is 1. The normalized spacial score (nSPS) is 10.0. The van der Waals surface area contributed by atoms with Crippen molar-refractivity contribution >= 4 is 28.9 Å². The summed E-state index contributed by atoms with van der Waals surface area (Å²) in [5.74, 6) is -0.757. The van der Waals surface area contributed by atoms with Crippen molar-refractivity contribution in [3.63, 3.8) is 0 Å². The van der Waals surface area contributed by atoms with Gasteiger partial charge in [0, 0.05) is 5.56 Å². The van der Waals surface area contributed by atoms with Crippen molar-refractivity contribution in [2.24, 2.45) is 0 Å². The Kier molecular flexibility index (Phi) is 5.00. The van der Waals surface area contributed by atoms with Crippen LogP contribution in [0, 0.1) is 5.82 Å². The van der Waals surface area contributed by atoms with E-state index in [1.165, 1.54) is 6.07 Å². The largest absolute Gasteiger partial charge is 0.330 e. The van der Waals surface area contributed by atoms with Crippen molar-refractivity contribution in [2.75, 3.05) is 5.32 Å². The summed E-state index contributed by atoms with van der Waals surface area (Å²) in [4.78, 5) is 12.0. The summed E-state index contributed by atoms with van der Waals surface area (Å²) in [6.45, 7) is 2.04. The highest BCUT2D eigenvalue weighted by Crippen LogP contribution is 2.12. The van der Waals surface area contributed by atoms with Crippen LogP contribution in [0.5, 0.6) is 0 Å². The van der Waals surface area contributed by atoms with Crippen LogP contribution in [0.25, 0.3) is 0 Å². The molecule has 5 heteroatoms. The summed E-state index contributed by atoms with van der Waals surface area (Å²) in [6.07, 6.45) is 0.912. The molecule has 0 saturated heterocycles. The molecule has 2 aromatic rings. The molecule has 0 radical (unpaired) electrons. The minimum absolute atomic E-state index is 0.0599. The molecule has 0 saturated carbocycles. The van der Waals surface area contributed by atoms with Crippen LogP contribution in [0.2, 0.25) is 0 Å². The molecule has 0 atom stereocenters. The van der Waals surface area contributed by atoms with E-state index in [9.17, 15) is 9.18 Å². The van der Waals surface area contributed by atoms with E-state index in [-0.39, 0.29) is 16.7 Å². The Balaban J connectivity index is 1.98. The maximum Gasteiger partial charge on any atom is 0.257 e. The highest BCUT2D eigenvalue weighted by atomic mass is 32.1. The van der Waals surface area contributed by atoms with E-state index in [1.54, 1.807) is 30.3 Å². The molecule has 0 aliphatic rings. The molecule has 2 N–H and O–H groups in total. The molecule has 0 aliphatic carbocycles. The van der Waals surface area contributed by atoms with E-state index in [1.807, 2.05) is 19.1 Å². The van der Waals surface area contributed by atoms with E-state index < -0.39 is 5.82 Å². The van der Waals surface area contributed by atoms with Crippen LogP contribution in [0.1, 0.15) is 22.8 Å². The molecule has 0 fully saturated rings. The Morgan fingerprint density at radius 2 is 1.81 bits per heavy atom. The molecule has 21 heavy (non-hydrogen) atoms. The molecule has 0 unspecified atom stereocenters. The minimum Gasteiger partial charge on any atom is -0.330 e. The predicted octanol–water partition coefficient (Wildman–Crippen LogP) is 3.51. The van der Waals surface area contributed by atoms with E-state index in [2.05, 4.69) is 10.6 Å². The predicted molar refractivity (Wildman–Crippen MR) is 85.9 cm³/mol. The van der Waals surface area contributed by atoms with Gasteiger partial charge in [-0.1, -0.05) is 31.2 Å². The highest BCUT2D eigenvalue weighted by Gasteiger charge is 2.09. The number of benzene rings is 2. The third-order valence-corrected chi connectivity index (χ3v) is 3.18. The molecule has 0 bridgehead atoms. The topological polar surface area (TPSA) is 41.1 Å². The van der Waals surface area contributed by atoms with E-state index in [0.717, 1.165) is 12.0 Å². The van der Waals surface area contributed by atoms with Gasteiger partial charge in [-0.25, -0.2) is 4.39 Å². The van der Waals surface area contributed by atoms with Crippen molar-refractivity contribution < 1.29 is 9.18 Å². The van der Waals surface area contributed by atoms with Crippen molar-refractivity contribution in [3.8, 4) is 0 Å². The average molecular weight is 302 g/mol. The number of rotatable bonds is 3. The second kappa shape index (κ2) is 6.95. The first-order valence-corrected chi connectivity index (χ1v) is 6.96. The molecular weight excluding hydrogens is 287 g/mol. The van der Waals surface area contributed by atoms with Crippen LogP contribution in [0.15, 0.2) is 48.5 Å². The van der Waals surface area contributed by atoms with Gasteiger partial charge in [-0.3, -0.25) is 10.1 Å². The summed E-state index contributed by atoms with van der Waals surface area (Å²) < 4.78 is 13.5. The molecule has 2 aromatic carbocycles. The van der Waals surface area contributed by atoms with Crippen LogP contribution in [0.4, 0.5) is 10.1 Å². The number of nitrogens with one attached hydrogen (secondary N) is 2. The number of aryl methyl sites for hydroxylation is 1. The van der Waals surface area contributed by atoms with Crippen LogP contribution in [-0.2, 0) is 6.42 Å². The molecular formula is C16H15FN2OS. The van der Waals surface area contributed by atoms with Gasteiger partial charge in [-0.05, 0) is 48.5 Å². The molecule has 108 valence electrons. The Bertz CT molecular complexity index is 656. The van der Waals surface area contributed by atoms with Gasteiger partial charge in [0.25, 0.3) is 5.91 Å². The summed E-state index contributed by atoms with van der Waals surface area (Å²) in [5.41, 5.74) is 1.88. The zero-order valence-corrected chi connectivity index (χ0v) is 12.3. The number of hydrogen-bond acceptors (Lipinski definition) is 2. The number of halogens is 1. The van der Waals surface area contributed by atoms with Gasteiger partial charge in [-0.15, -0.1) is 0 Å². The summed E-state index contributed by atoms with van der Waals surface area (Å²) in [7, 11) is 0. The monoisotopic (exact) mass is 302 g/mol. The van der Waals surface area contributed by atoms with Crippen molar-refractivity contribution in [3.05, 3.63) is 65.5 Å².